The molecule has 0 aliphatic carbocycles. The van der Waals surface area contributed by atoms with Gasteiger partial charge >= 0.3 is 6.03 Å². The quantitative estimate of drug-likeness (QED) is 0.769. The number of carbonyl (C=O) groups excluding carboxylic acids is 1. The number of benzene rings is 1. The van der Waals surface area contributed by atoms with Gasteiger partial charge in [0.15, 0.2) is 11.6 Å². The molecule has 1 aliphatic rings. The topological polar surface area (TPSA) is 64.6 Å². The van der Waals surface area contributed by atoms with Gasteiger partial charge in [-0.05, 0) is 44.9 Å². The van der Waals surface area contributed by atoms with Crippen molar-refractivity contribution in [1.29, 1.82) is 0 Å². The number of carbonyl (C=O) groups is 1. The van der Waals surface area contributed by atoms with E-state index in [1.54, 1.807) is 13.0 Å². The van der Waals surface area contributed by atoms with Crippen LogP contribution in [0.4, 0.5) is 13.6 Å². The van der Waals surface area contributed by atoms with E-state index in [0.717, 1.165) is 12.6 Å². The molecule has 1 aromatic carbocycles. The van der Waals surface area contributed by atoms with Crippen molar-refractivity contribution in [2.45, 2.75) is 51.4 Å². The average molecular weight is 341 g/mol. The first kappa shape index (κ1) is 18.6. The molecule has 0 unspecified atom stereocenters. The highest BCUT2D eigenvalue weighted by Gasteiger charge is 2.37. The number of hydrogen-bond acceptors (Lipinski definition) is 3. The van der Waals surface area contributed by atoms with Crippen molar-refractivity contribution in [2.75, 3.05) is 13.2 Å². The van der Waals surface area contributed by atoms with Crippen LogP contribution in [-0.2, 0) is 0 Å². The van der Waals surface area contributed by atoms with Crippen LogP contribution in [0.1, 0.15) is 38.8 Å². The molecule has 24 heavy (non-hydrogen) atoms. The summed E-state index contributed by atoms with van der Waals surface area (Å²) in [6.45, 7) is 6.36. The van der Waals surface area contributed by atoms with Crippen LogP contribution in [0.15, 0.2) is 18.2 Å². The number of rotatable bonds is 5. The third-order valence-corrected chi connectivity index (χ3v) is 4.35. The fourth-order valence-corrected chi connectivity index (χ4v) is 3.15. The molecule has 3 atom stereocenters. The zero-order valence-corrected chi connectivity index (χ0v) is 14.2. The first-order valence-corrected chi connectivity index (χ1v) is 8.22. The molecule has 1 aliphatic heterocycles. The second kappa shape index (κ2) is 7.90. The first-order chi connectivity index (χ1) is 11.3. The van der Waals surface area contributed by atoms with Gasteiger partial charge in [0, 0.05) is 12.6 Å². The standard InChI is InChI=1S/C17H25F2N3O2/c1-10(2)22-7-6-15(21-17(24)20-11(3)9-23)16(22)12-4-5-13(18)14(19)8-12/h4-5,8,10-11,15-16,23H,6-7,9H2,1-3H3,(H2,20,21,24)/t11-,15+,16-/m0/s1. The summed E-state index contributed by atoms with van der Waals surface area (Å²) >= 11 is 0. The third-order valence-electron chi connectivity index (χ3n) is 4.35. The van der Waals surface area contributed by atoms with E-state index in [1.807, 2.05) is 13.8 Å². The number of nitrogens with one attached hydrogen (secondary N) is 2. The number of likely N-dealkylation sites (tertiary alicyclic amines) is 1. The van der Waals surface area contributed by atoms with Gasteiger partial charge < -0.3 is 15.7 Å². The van der Waals surface area contributed by atoms with Crippen molar-refractivity contribution in [3.8, 4) is 0 Å². The summed E-state index contributed by atoms with van der Waals surface area (Å²) in [4.78, 5) is 14.2. The van der Waals surface area contributed by atoms with Crippen molar-refractivity contribution in [3.63, 3.8) is 0 Å². The molecular weight excluding hydrogens is 316 g/mol. The minimum absolute atomic E-state index is 0.150. The summed E-state index contributed by atoms with van der Waals surface area (Å²) in [6, 6.07) is 2.91. The van der Waals surface area contributed by atoms with Gasteiger partial charge in [0.2, 0.25) is 0 Å². The van der Waals surface area contributed by atoms with E-state index in [0.29, 0.717) is 12.0 Å². The molecule has 1 aromatic rings. The van der Waals surface area contributed by atoms with Crippen LogP contribution in [0.5, 0.6) is 0 Å². The second-order valence-corrected chi connectivity index (χ2v) is 6.55. The molecular formula is C17H25F2N3O2. The van der Waals surface area contributed by atoms with Crippen LogP contribution in [0.3, 0.4) is 0 Å². The Hall–Kier alpha value is -1.73. The highest BCUT2D eigenvalue weighted by Crippen LogP contribution is 2.34. The zero-order chi connectivity index (χ0) is 17.9. The SMILES string of the molecule is CC(C)N1CC[C@@H](NC(=O)N[C@@H](C)CO)[C@@H]1c1ccc(F)c(F)c1. The van der Waals surface area contributed by atoms with Gasteiger partial charge in [-0.3, -0.25) is 4.90 Å². The van der Waals surface area contributed by atoms with Gasteiger partial charge in [0.1, 0.15) is 0 Å². The van der Waals surface area contributed by atoms with Crippen LogP contribution in [0, 0.1) is 11.6 Å². The van der Waals surface area contributed by atoms with E-state index in [-0.39, 0.29) is 36.8 Å². The summed E-state index contributed by atoms with van der Waals surface area (Å²) in [5, 5.41) is 14.6. The van der Waals surface area contributed by atoms with Crippen LogP contribution in [-0.4, -0.2) is 47.3 Å². The molecule has 0 bridgehead atoms. The molecule has 1 fully saturated rings. The summed E-state index contributed by atoms with van der Waals surface area (Å²) in [5.74, 6) is -1.77. The molecule has 1 saturated heterocycles. The molecule has 0 spiro atoms. The van der Waals surface area contributed by atoms with Crippen LogP contribution in [0.2, 0.25) is 0 Å². The average Bonchev–Trinajstić information content (AvgIpc) is 2.93. The van der Waals surface area contributed by atoms with Crippen molar-refractivity contribution in [2.24, 2.45) is 0 Å². The normalized spacial score (nSPS) is 22.6. The minimum Gasteiger partial charge on any atom is -0.394 e. The maximum Gasteiger partial charge on any atom is 0.315 e. The monoisotopic (exact) mass is 341 g/mol. The number of halogens is 2. The molecule has 0 saturated carbocycles. The Labute approximate surface area is 141 Å². The number of amides is 2. The highest BCUT2D eigenvalue weighted by atomic mass is 19.2. The molecule has 5 nitrogen and oxygen atoms in total. The van der Waals surface area contributed by atoms with Crippen LogP contribution in [0.25, 0.3) is 0 Å². The van der Waals surface area contributed by atoms with Crippen molar-refractivity contribution in [1.82, 2.24) is 15.5 Å². The number of hydrogen-bond donors (Lipinski definition) is 3. The van der Waals surface area contributed by atoms with E-state index in [4.69, 9.17) is 5.11 Å². The van der Waals surface area contributed by atoms with E-state index in [9.17, 15) is 13.6 Å². The Morgan fingerprint density at radius 2 is 2.04 bits per heavy atom. The minimum atomic E-state index is -0.889. The molecule has 3 N–H and O–H groups in total. The van der Waals surface area contributed by atoms with Gasteiger partial charge in [-0.1, -0.05) is 6.07 Å². The highest BCUT2D eigenvalue weighted by molar-refractivity contribution is 5.74. The number of aliphatic hydroxyl groups excluding tert-OH is 1. The largest absolute Gasteiger partial charge is 0.394 e. The molecule has 1 heterocycles. The lowest BCUT2D eigenvalue weighted by Crippen LogP contribution is -2.48. The lowest BCUT2D eigenvalue weighted by Gasteiger charge is -2.32. The fraction of sp³-hybridized carbons (Fsp3) is 0.588. The summed E-state index contributed by atoms with van der Waals surface area (Å²) in [7, 11) is 0. The molecule has 2 rings (SSSR count). The van der Waals surface area contributed by atoms with Gasteiger partial charge in [0.05, 0.1) is 24.7 Å². The van der Waals surface area contributed by atoms with Crippen molar-refractivity contribution in [3.05, 3.63) is 35.4 Å². The van der Waals surface area contributed by atoms with E-state index in [1.165, 1.54) is 6.07 Å². The van der Waals surface area contributed by atoms with Gasteiger partial charge in [0.25, 0.3) is 0 Å². The summed E-state index contributed by atoms with van der Waals surface area (Å²) < 4.78 is 26.9. The lowest BCUT2D eigenvalue weighted by molar-refractivity contribution is 0.185. The van der Waals surface area contributed by atoms with Gasteiger partial charge in [-0.15, -0.1) is 0 Å². The van der Waals surface area contributed by atoms with E-state index >= 15 is 0 Å². The first-order valence-electron chi connectivity index (χ1n) is 8.22. The summed E-state index contributed by atoms with van der Waals surface area (Å²) in [5.41, 5.74) is 0.639. The maximum absolute atomic E-state index is 13.6. The van der Waals surface area contributed by atoms with Crippen molar-refractivity contribution >= 4 is 6.03 Å². The Morgan fingerprint density at radius 1 is 1.33 bits per heavy atom. The number of aliphatic hydroxyl groups is 1. The zero-order valence-electron chi connectivity index (χ0n) is 14.2. The Kier molecular flexibility index (Phi) is 6.12. The van der Waals surface area contributed by atoms with Gasteiger partial charge in [-0.2, -0.15) is 0 Å². The Balaban J connectivity index is 2.20. The van der Waals surface area contributed by atoms with Crippen molar-refractivity contribution < 1.29 is 18.7 Å². The fourth-order valence-electron chi connectivity index (χ4n) is 3.15. The van der Waals surface area contributed by atoms with Gasteiger partial charge in [-0.25, -0.2) is 13.6 Å². The number of urea groups is 1. The maximum atomic E-state index is 13.6. The molecule has 7 heteroatoms. The predicted molar refractivity (Wildman–Crippen MR) is 87.6 cm³/mol. The van der Waals surface area contributed by atoms with E-state index in [2.05, 4.69) is 15.5 Å². The van der Waals surface area contributed by atoms with E-state index < -0.39 is 11.6 Å². The van der Waals surface area contributed by atoms with Crippen LogP contribution < -0.4 is 10.6 Å². The molecule has 2 amide bonds. The smallest absolute Gasteiger partial charge is 0.315 e. The third kappa shape index (κ3) is 4.21. The Morgan fingerprint density at radius 3 is 2.62 bits per heavy atom. The lowest BCUT2D eigenvalue weighted by atomic mass is 9.99. The van der Waals surface area contributed by atoms with Crippen LogP contribution >= 0.6 is 0 Å². The summed E-state index contributed by atoms with van der Waals surface area (Å²) in [6.07, 6.45) is 0.711. The number of nitrogens with zero attached hydrogens (tertiary/aromatic N) is 1. The second-order valence-electron chi connectivity index (χ2n) is 6.55. The molecule has 134 valence electrons. The predicted octanol–water partition coefficient (Wildman–Crippen LogP) is 2.17. The Bertz CT molecular complexity index is 583. The molecule has 0 radical (unpaired) electrons. The molecule has 0 aromatic heterocycles.